The molecule has 1 aromatic rings. The van der Waals surface area contributed by atoms with Crippen LogP contribution in [-0.4, -0.2) is 41.3 Å². The first-order valence-electron chi connectivity index (χ1n) is 6.14. The minimum atomic E-state index is 0.286. The fraction of sp³-hybridized carbons (Fsp3) is 0.615. The Labute approximate surface area is 111 Å². The summed E-state index contributed by atoms with van der Waals surface area (Å²) < 4.78 is 0. The highest BCUT2D eigenvalue weighted by atomic mass is 32.2. The molecular weight excluding hydrogens is 250 g/mol. The summed E-state index contributed by atoms with van der Waals surface area (Å²) in [6.07, 6.45) is 1.02. The summed E-state index contributed by atoms with van der Waals surface area (Å²) in [6.45, 7) is 5.98. The number of hydrogen-bond acceptors (Lipinski definition) is 4. The van der Waals surface area contributed by atoms with Gasteiger partial charge in [0.25, 0.3) is 0 Å². The molecule has 2 rings (SSSR count). The van der Waals surface area contributed by atoms with Gasteiger partial charge in [-0.2, -0.15) is 11.8 Å². The van der Waals surface area contributed by atoms with Gasteiger partial charge in [0.1, 0.15) is 0 Å². The van der Waals surface area contributed by atoms with E-state index < -0.39 is 0 Å². The zero-order valence-corrected chi connectivity index (χ0v) is 12.1. The van der Waals surface area contributed by atoms with E-state index in [1.807, 2.05) is 17.8 Å². The predicted octanol–water partition coefficient (Wildman–Crippen LogP) is 2.93. The first-order valence-corrected chi connectivity index (χ1v) is 8.11. The third-order valence-corrected chi connectivity index (χ3v) is 5.60. The van der Waals surface area contributed by atoms with E-state index in [9.17, 15) is 4.79 Å². The molecule has 0 aromatic carbocycles. The van der Waals surface area contributed by atoms with E-state index in [4.69, 9.17) is 0 Å². The fourth-order valence-corrected chi connectivity index (χ4v) is 3.94. The predicted molar refractivity (Wildman–Crippen MR) is 76.4 cm³/mol. The lowest BCUT2D eigenvalue weighted by Crippen LogP contribution is -2.43. The van der Waals surface area contributed by atoms with Gasteiger partial charge in [0.2, 0.25) is 0 Å². The highest BCUT2D eigenvalue weighted by Crippen LogP contribution is 2.20. The highest BCUT2D eigenvalue weighted by Gasteiger charge is 2.21. The van der Waals surface area contributed by atoms with Crippen LogP contribution in [0.15, 0.2) is 12.1 Å². The molecule has 0 aliphatic carbocycles. The molecule has 1 aliphatic heterocycles. The quantitative estimate of drug-likeness (QED) is 0.784. The summed E-state index contributed by atoms with van der Waals surface area (Å²) in [5.74, 6) is 2.59. The number of Topliss-reactive ketones (excluding diaryl/α,β-unsaturated/α-hetero) is 1. The zero-order chi connectivity index (χ0) is 12.3. The van der Waals surface area contributed by atoms with Gasteiger partial charge in [0.05, 0.1) is 11.4 Å². The Hall–Kier alpha value is -0.320. The fourth-order valence-electron chi connectivity index (χ4n) is 1.98. The van der Waals surface area contributed by atoms with Crippen molar-refractivity contribution in [3.8, 4) is 0 Å². The number of thioether (sulfide) groups is 1. The van der Waals surface area contributed by atoms with Crippen LogP contribution in [0.3, 0.4) is 0 Å². The number of nitrogens with zero attached hydrogens (tertiary/aromatic N) is 1. The van der Waals surface area contributed by atoms with Gasteiger partial charge < -0.3 is 0 Å². The Balaban J connectivity index is 1.96. The first-order chi connectivity index (χ1) is 8.20. The van der Waals surface area contributed by atoms with Crippen LogP contribution in [0, 0.1) is 0 Å². The van der Waals surface area contributed by atoms with E-state index in [-0.39, 0.29) is 5.78 Å². The topological polar surface area (TPSA) is 20.3 Å². The summed E-state index contributed by atoms with van der Waals surface area (Å²) in [5.41, 5.74) is 0. The van der Waals surface area contributed by atoms with Crippen molar-refractivity contribution in [2.75, 3.05) is 24.6 Å². The standard InChI is InChI=1S/C13H19NOS2/c1-3-11-4-5-13(17-11)12(15)8-14-6-7-16-9-10(14)2/h4-5,10H,3,6-9H2,1-2H3. The molecule has 2 nitrogen and oxygen atoms in total. The van der Waals surface area contributed by atoms with Crippen molar-refractivity contribution in [2.24, 2.45) is 0 Å². The molecule has 0 spiro atoms. The molecule has 0 bridgehead atoms. The van der Waals surface area contributed by atoms with Crippen LogP contribution in [0.2, 0.25) is 0 Å². The van der Waals surface area contributed by atoms with Gasteiger partial charge in [-0.05, 0) is 25.5 Å². The maximum Gasteiger partial charge on any atom is 0.186 e. The van der Waals surface area contributed by atoms with Crippen LogP contribution in [0.4, 0.5) is 0 Å². The van der Waals surface area contributed by atoms with Crippen molar-refractivity contribution in [3.63, 3.8) is 0 Å². The smallest absolute Gasteiger partial charge is 0.186 e. The Morgan fingerprint density at radius 1 is 1.53 bits per heavy atom. The Kier molecular flexibility index (Phi) is 4.65. The molecular formula is C13H19NOS2. The van der Waals surface area contributed by atoms with Crippen molar-refractivity contribution in [3.05, 3.63) is 21.9 Å². The maximum atomic E-state index is 12.1. The number of aryl methyl sites for hydroxylation is 1. The van der Waals surface area contributed by atoms with Crippen molar-refractivity contribution < 1.29 is 4.79 Å². The maximum absolute atomic E-state index is 12.1. The largest absolute Gasteiger partial charge is 0.292 e. The van der Waals surface area contributed by atoms with Gasteiger partial charge in [-0.15, -0.1) is 11.3 Å². The summed E-state index contributed by atoms with van der Waals surface area (Å²) in [5, 5.41) is 0. The van der Waals surface area contributed by atoms with Gasteiger partial charge in [0.15, 0.2) is 5.78 Å². The van der Waals surface area contributed by atoms with E-state index >= 15 is 0 Å². The molecule has 1 unspecified atom stereocenters. The number of carbonyl (C=O) groups excluding carboxylic acids is 1. The van der Waals surface area contributed by atoms with Gasteiger partial charge in [-0.25, -0.2) is 0 Å². The van der Waals surface area contributed by atoms with Crippen molar-refractivity contribution in [1.29, 1.82) is 0 Å². The SMILES string of the molecule is CCc1ccc(C(=O)CN2CCSCC2C)s1. The second-order valence-corrected chi connectivity index (χ2v) is 6.76. The molecule has 2 heterocycles. The van der Waals surface area contributed by atoms with Crippen molar-refractivity contribution >= 4 is 28.9 Å². The molecule has 0 amide bonds. The van der Waals surface area contributed by atoms with Crippen LogP contribution in [-0.2, 0) is 6.42 Å². The monoisotopic (exact) mass is 269 g/mol. The Morgan fingerprint density at radius 3 is 3.00 bits per heavy atom. The van der Waals surface area contributed by atoms with E-state index in [1.54, 1.807) is 11.3 Å². The van der Waals surface area contributed by atoms with Crippen molar-refractivity contribution in [1.82, 2.24) is 4.90 Å². The second kappa shape index (κ2) is 6.03. The minimum Gasteiger partial charge on any atom is -0.292 e. The van der Waals surface area contributed by atoms with Crippen LogP contribution < -0.4 is 0 Å². The summed E-state index contributed by atoms with van der Waals surface area (Å²) in [4.78, 5) is 16.7. The number of thiophene rings is 1. The van der Waals surface area contributed by atoms with E-state index in [2.05, 4.69) is 24.8 Å². The van der Waals surface area contributed by atoms with E-state index in [0.29, 0.717) is 12.6 Å². The highest BCUT2D eigenvalue weighted by molar-refractivity contribution is 7.99. The number of carbonyl (C=O) groups is 1. The normalized spacial score (nSPS) is 21.6. The molecule has 1 saturated heterocycles. The second-order valence-electron chi connectivity index (χ2n) is 4.44. The average Bonchev–Trinajstić information content (AvgIpc) is 2.81. The summed E-state index contributed by atoms with van der Waals surface area (Å²) in [6, 6.07) is 4.59. The Morgan fingerprint density at radius 2 is 2.35 bits per heavy atom. The molecule has 0 N–H and O–H groups in total. The summed E-state index contributed by atoms with van der Waals surface area (Å²) >= 11 is 3.64. The van der Waals surface area contributed by atoms with E-state index in [0.717, 1.165) is 29.3 Å². The molecule has 1 atom stereocenters. The number of hydrogen-bond donors (Lipinski definition) is 0. The van der Waals surface area contributed by atoms with Crippen LogP contribution in [0.25, 0.3) is 0 Å². The van der Waals surface area contributed by atoms with Gasteiger partial charge >= 0.3 is 0 Å². The lowest BCUT2D eigenvalue weighted by atomic mass is 10.2. The van der Waals surface area contributed by atoms with E-state index in [1.165, 1.54) is 4.88 Å². The molecule has 1 fully saturated rings. The molecule has 17 heavy (non-hydrogen) atoms. The van der Waals surface area contributed by atoms with Gasteiger partial charge in [-0.1, -0.05) is 6.92 Å². The molecule has 1 aliphatic rings. The van der Waals surface area contributed by atoms with Gasteiger partial charge in [0, 0.05) is 29.0 Å². The first kappa shape index (κ1) is 13.1. The zero-order valence-electron chi connectivity index (χ0n) is 10.4. The summed E-state index contributed by atoms with van der Waals surface area (Å²) in [7, 11) is 0. The van der Waals surface area contributed by atoms with Crippen LogP contribution in [0.1, 0.15) is 28.4 Å². The van der Waals surface area contributed by atoms with Crippen LogP contribution in [0.5, 0.6) is 0 Å². The molecule has 4 heteroatoms. The number of rotatable bonds is 4. The molecule has 1 aromatic heterocycles. The molecule has 0 saturated carbocycles. The van der Waals surface area contributed by atoms with Gasteiger partial charge in [-0.3, -0.25) is 9.69 Å². The minimum absolute atomic E-state index is 0.286. The van der Waals surface area contributed by atoms with Crippen LogP contribution >= 0.6 is 23.1 Å². The lowest BCUT2D eigenvalue weighted by molar-refractivity contribution is 0.0915. The Bertz CT molecular complexity index is 389. The number of ketones is 1. The molecule has 94 valence electrons. The lowest BCUT2D eigenvalue weighted by Gasteiger charge is -2.32. The molecule has 0 radical (unpaired) electrons. The van der Waals surface area contributed by atoms with Crippen molar-refractivity contribution in [2.45, 2.75) is 26.3 Å². The average molecular weight is 269 g/mol. The third-order valence-electron chi connectivity index (χ3n) is 3.14. The third kappa shape index (κ3) is 3.33.